The van der Waals surface area contributed by atoms with Gasteiger partial charge in [0.1, 0.15) is 15.9 Å². The maximum atomic E-state index is 12.3. The Morgan fingerprint density at radius 1 is 1.30 bits per heavy atom. The molecule has 0 radical (unpaired) electrons. The van der Waals surface area contributed by atoms with Crippen LogP contribution in [0.4, 0.5) is 0 Å². The quantitative estimate of drug-likeness (QED) is 0.672. The number of esters is 2. The van der Waals surface area contributed by atoms with Crippen molar-refractivity contribution in [1.29, 1.82) is 0 Å². The molecule has 0 saturated heterocycles. The maximum Gasteiger partial charge on any atom is 0.350 e. The molecule has 0 saturated carbocycles. The monoisotopic (exact) mass is 410 g/mol. The van der Waals surface area contributed by atoms with Crippen LogP contribution in [0.5, 0.6) is 0 Å². The standard InChI is InChI=1S/C18H22N2O5S2/c1-10(2)7-13(17(22)24-4)20-14(21)8-25-18(23)15-11(3)19-16(27-15)12-5-6-26-9-12/h5-6,9-10,13H,7-8H2,1-4H3,(H,20,21). The van der Waals surface area contributed by atoms with Crippen molar-refractivity contribution in [2.24, 2.45) is 5.92 Å². The second-order valence-corrected chi connectivity index (χ2v) is 8.07. The number of methoxy groups -OCH3 is 1. The first kappa shape index (κ1) is 21.0. The summed E-state index contributed by atoms with van der Waals surface area (Å²) < 4.78 is 9.79. The number of aryl methyl sites for hydroxylation is 1. The fourth-order valence-electron chi connectivity index (χ4n) is 2.36. The molecule has 0 aliphatic carbocycles. The molecule has 27 heavy (non-hydrogen) atoms. The molecule has 1 amide bonds. The Morgan fingerprint density at radius 3 is 2.63 bits per heavy atom. The highest BCUT2D eigenvalue weighted by Gasteiger charge is 2.24. The molecule has 0 fully saturated rings. The third-order valence-corrected chi connectivity index (χ3v) is 5.48. The van der Waals surface area contributed by atoms with Gasteiger partial charge in [0.2, 0.25) is 0 Å². The van der Waals surface area contributed by atoms with Crippen LogP contribution in [-0.4, -0.2) is 42.6 Å². The second kappa shape index (κ2) is 9.61. The highest BCUT2D eigenvalue weighted by atomic mass is 32.1. The van der Waals surface area contributed by atoms with Gasteiger partial charge < -0.3 is 14.8 Å². The molecule has 1 atom stereocenters. The topological polar surface area (TPSA) is 94.6 Å². The van der Waals surface area contributed by atoms with Gasteiger partial charge in [0, 0.05) is 10.9 Å². The Morgan fingerprint density at radius 2 is 2.04 bits per heavy atom. The van der Waals surface area contributed by atoms with Crippen molar-refractivity contribution in [2.75, 3.05) is 13.7 Å². The SMILES string of the molecule is COC(=O)C(CC(C)C)NC(=O)COC(=O)c1sc(-c2ccsc2)nc1C. The summed E-state index contributed by atoms with van der Waals surface area (Å²) in [5.41, 5.74) is 1.50. The van der Waals surface area contributed by atoms with Crippen LogP contribution in [-0.2, 0) is 19.1 Å². The largest absolute Gasteiger partial charge is 0.467 e. The molecule has 0 aliphatic rings. The van der Waals surface area contributed by atoms with E-state index in [4.69, 9.17) is 9.47 Å². The number of thiophene rings is 1. The number of carbonyl (C=O) groups is 3. The lowest BCUT2D eigenvalue weighted by molar-refractivity contribution is -0.145. The average molecular weight is 411 g/mol. The molecular weight excluding hydrogens is 388 g/mol. The molecule has 0 aromatic carbocycles. The molecule has 146 valence electrons. The van der Waals surface area contributed by atoms with E-state index in [1.807, 2.05) is 30.7 Å². The zero-order valence-corrected chi connectivity index (χ0v) is 17.2. The summed E-state index contributed by atoms with van der Waals surface area (Å²) in [5, 5.41) is 7.16. The van der Waals surface area contributed by atoms with Gasteiger partial charge in [-0.05, 0) is 30.7 Å². The molecule has 0 aliphatic heterocycles. The van der Waals surface area contributed by atoms with E-state index in [9.17, 15) is 14.4 Å². The van der Waals surface area contributed by atoms with Crippen LogP contribution in [0.25, 0.3) is 10.6 Å². The summed E-state index contributed by atoms with van der Waals surface area (Å²) in [6.07, 6.45) is 0.435. The van der Waals surface area contributed by atoms with Gasteiger partial charge in [-0.1, -0.05) is 13.8 Å². The van der Waals surface area contributed by atoms with Crippen LogP contribution >= 0.6 is 22.7 Å². The van der Waals surface area contributed by atoms with E-state index in [-0.39, 0.29) is 5.92 Å². The van der Waals surface area contributed by atoms with Crippen LogP contribution in [0.1, 0.15) is 35.6 Å². The van der Waals surface area contributed by atoms with Gasteiger partial charge in [-0.3, -0.25) is 4.79 Å². The first-order valence-corrected chi connectivity index (χ1v) is 10.1. The summed E-state index contributed by atoms with van der Waals surface area (Å²) >= 11 is 2.77. The van der Waals surface area contributed by atoms with Gasteiger partial charge >= 0.3 is 11.9 Å². The molecule has 2 rings (SSSR count). The minimum atomic E-state index is -0.767. The molecule has 2 aromatic rings. The summed E-state index contributed by atoms with van der Waals surface area (Å²) in [6, 6.07) is 1.16. The highest BCUT2D eigenvalue weighted by Crippen LogP contribution is 2.29. The van der Waals surface area contributed by atoms with Crippen molar-refractivity contribution < 1.29 is 23.9 Å². The zero-order valence-electron chi connectivity index (χ0n) is 15.6. The smallest absolute Gasteiger partial charge is 0.350 e. The lowest BCUT2D eigenvalue weighted by Gasteiger charge is -2.18. The number of ether oxygens (including phenoxy) is 2. The van der Waals surface area contributed by atoms with Gasteiger partial charge in [0.15, 0.2) is 6.61 Å². The first-order chi connectivity index (χ1) is 12.8. The predicted octanol–water partition coefficient (Wildman–Crippen LogP) is 3.04. The predicted molar refractivity (Wildman–Crippen MR) is 104 cm³/mol. The number of nitrogens with one attached hydrogen (secondary N) is 1. The molecule has 2 heterocycles. The fourth-order valence-corrected chi connectivity index (χ4v) is 4.03. The number of hydrogen-bond donors (Lipinski definition) is 1. The van der Waals surface area contributed by atoms with Gasteiger partial charge in [-0.15, -0.1) is 11.3 Å². The average Bonchev–Trinajstić information content (AvgIpc) is 3.27. The van der Waals surface area contributed by atoms with Crippen LogP contribution < -0.4 is 5.32 Å². The number of rotatable bonds is 8. The van der Waals surface area contributed by atoms with Gasteiger partial charge in [0.25, 0.3) is 5.91 Å². The molecule has 1 N–H and O–H groups in total. The Bertz CT molecular complexity index is 799. The molecule has 9 heteroatoms. The minimum absolute atomic E-state index is 0.187. The van der Waals surface area contributed by atoms with E-state index in [0.717, 1.165) is 10.6 Å². The Labute approximate surface area is 165 Å². The van der Waals surface area contributed by atoms with Crippen LogP contribution in [0.15, 0.2) is 16.8 Å². The van der Waals surface area contributed by atoms with E-state index in [1.165, 1.54) is 18.4 Å². The highest BCUT2D eigenvalue weighted by molar-refractivity contribution is 7.17. The van der Waals surface area contributed by atoms with Crippen LogP contribution in [0.2, 0.25) is 0 Å². The molecule has 2 aromatic heterocycles. The maximum absolute atomic E-state index is 12.3. The van der Waals surface area contributed by atoms with E-state index in [2.05, 4.69) is 10.3 Å². The van der Waals surface area contributed by atoms with Crippen molar-refractivity contribution >= 4 is 40.5 Å². The van der Waals surface area contributed by atoms with Crippen molar-refractivity contribution in [3.8, 4) is 10.6 Å². The van der Waals surface area contributed by atoms with E-state index >= 15 is 0 Å². The van der Waals surface area contributed by atoms with E-state index in [0.29, 0.717) is 17.0 Å². The van der Waals surface area contributed by atoms with Crippen LogP contribution in [0, 0.1) is 12.8 Å². The molecule has 7 nitrogen and oxygen atoms in total. The van der Waals surface area contributed by atoms with Crippen molar-refractivity contribution in [2.45, 2.75) is 33.2 Å². The minimum Gasteiger partial charge on any atom is -0.467 e. The summed E-state index contributed by atoms with van der Waals surface area (Å²) in [6.45, 7) is 5.11. The normalized spacial score (nSPS) is 11.9. The van der Waals surface area contributed by atoms with Gasteiger partial charge in [-0.25, -0.2) is 14.6 Å². The molecular formula is C18H22N2O5S2. The lowest BCUT2D eigenvalue weighted by atomic mass is 10.0. The molecule has 1 unspecified atom stereocenters. The third kappa shape index (κ3) is 5.86. The summed E-state index contributed by atoms with van der Waals surface area (Å²) in [4.78, 5) is 40.8. The number of thiazole rings is 1. The lowest BCUT2D eigenvalue weighted by Crippen LogP contribution is -2.44. The molecule has 0 spiro atoms. The van der Waals surface area contributed by atoms with Gasteiger partial charge in [0.05, 0.1) is 12.8 Å². The Hall–Kier alpha value is -2.26. The number of hydrogen-bond acceptors (Lipinski definition) is 8. The zero-order chi connectivity index (χ0) is 20.0. The van der Waals surface area contributed by atoms with Crippen molar-refractivity contribution in [3.05, 3.63) is 27.4 Å². The fraction of sp³-hybridized carbons (Fsp3) is 0.444. The van der Waals surface area contributed by atoms with Gasteiger partial charge in [-0.2, -0.15) is 11.3 Å². The number of aromatic nitrogens is 1. The van der Waals surface area contributed by atoms with Crippen molar-refractivity contribution in [3.63, 3.8) is 0 Å². The number of amides is 1. The Kier molecular flexibility index (Phi) is 7.49. The second-order valence-electron chi connectivity index (χ2n) is 6.29. The molecule has 0 bridgehead atoms. The van der Waals surface area contributed by atoms with E-state index < -0.39 is 30.5 Å². The number of carbonyl (C=O) groups excluding carboxylic acids is 3. The summed E-state index contributed by atoms with van der Waals surface area (Å²) in [5.74, 6) is -1.51. The summed E-state index contributed by atoms with van der Waals surface area (Å²) in [7, 11) is 1.26. The van der Waals surface area contributed by atoms with Crippen molar-refractivity contribution in [1.82, 2.24) is 10.3 Å². The van der Waals surface area contributed by atoms with E-state index in [1.54, 1.807) is 18.3 Å². The van der Waals surface area contributed by atoms with Crippen LogP contribution in [0.3, 0.4) is 0 Å². The Balaban J connectivity index is 1.94. The first-order valence-electron chi connectivity index (χ1n) is 8.36. The third-order valence-electron chi connectivity index (χ3n) is 3.61. The number of nitrogens with zero attached hydrogens (tertiary/aromatic N) is 1.